The van der Waals surface area contributed by atoms with Gasteiger partial charge < -0.3 is 30.7 Å². The molecule has 2 aromatic carbocycles. The zero-order valence-electron chi connectivity index (χ0n) is 22.6. The third-order valence-electron chi connectivity index (χ3n) is 6.73. The number of aryl methyl sites for hydroxylation is 2. The molecule has 212 valence electrons. The molecule has 0 saturated heterocycles. The summed E-state index contributed by atoms with van der Waals surface area (Å²) in [5, 5.41) is 18.3. The first-order valence-electron chi connectivity index (χ1n) is 13.4. The van der Waals surface area contributed by atoms with Gasteiger partial charge in [-0.1, -0.05) is 35.9 Å². The van der Waals surface area contributed by atoms with Crippen LogP contribution in [-0.2, 0) is 20.8 Å². The summed E-state index contributed by atoms with van der Waals surface area (Å²) < 4.78 is 18.0. The molecule has 0 radical (unpaired) electrons. The summed E-state index contributed by atoms with van der Waals surface area (Å²) in [5.41, 5.74) is 2.15. The molecule has 9 nitrogen and oxygen atoms in total. The number of benzene rings is 2. The highest BCUT2D eigenvalue weighted by Gasteiger charge is 2.39. The smallest absolute Gasteiger partial charge is 0.245 e. The number of fused-ring (bicyclic) bond motifs is 1. The molecular weight excluding hydrogens is 503 g/mol. The van der Waals surface area contributed by atoms with Crippen LogP contribution in [-0.4, -0.2) is 79.7 Å². The Kier molecular flexibility index (Phi) is 11.7. The predicted molar refractivity (Wildman–Crippen MR) is 146 cm³/mol. The van der Waals surface area contributed by atoms with Crippen molar-refractivity contribution < 1.29 is 28.6 Å². The minimum absolute atomic E-state index is 0.171. The molecule has 4 N–H and O–H groups in total. The van der Waals surface area contributed by atoms with Gasteiger partial charge in [0, 0.05) is 20.1 Å². The highest BCUT2D eigenvalue weighted by molar-refractivity contribution is 5.92. The van der Waals surface area contributed by atoms with Gasteiger partial charge in [0.1, 0.15) is 24.2 Å². The number of nitrogens with zero attached hydrogens (tertiary/aromatic N) is 1. The van der Waals surface area contributed by atoms with E-state index in [1.165, 1.54) is 24.1 Å². The van der Waals surface area contributed by atoms with Gasteiger partial charge in [0.2, 0.25) is 17.7 Å². The maximum Gasteiger partial charge on any atom is 0.245 e. The number of aliphatic hydroxyl groups is 1. The Balaban J connectivity index is 0.000000449. The van der Waals surface area contributed by atoms with Gasteiger partial charge >= 0.3 is 0 Å². The average molecular weight is 543 g/mol. The largest absolute Gasteiger partial charge is 0.492 e. The van der Waals surface area contributed by atoms with Gasteiger partial charge in [0.15, 0.2) is 0 Å². The zero-order valence-corrected chi connectivity index (χ0v) is 22.6. The molecule has 2 aromatic rings. The van der Waals surface area contributed by atoms with Gasteiger partial charge in [-0.3, -0.25) is 14.4 Å². The lowest BCUT2D eigenvalue weighted by Crippen LogP contribution is -2.56. The van der Waals surface area contributed by atoms with Gasteiger partial charge in [-0.15, -0.1) is 0 Å². The summed E-state index contributed by atoms with van der Waals surface area (Å²) in [4.78, 5) is 38.9. The summed E-state index contributed by atoms with van der Waals surface area (Å²) in [6.45, 7) is 2.56. The van der Waals surface area contributed by atoms with Crippen molar-refractivity contribution in [3.63, 3.8) is 0 Å². The topological polar surface area (TPSA) is 120 Å². The predicted octanol–water partition coefficient (Wildman–Crippen LogP) is 1.57. The molecule has 0 aromatic heterocycles. The van der Waals surface area contributed by atoms with E-state index in [1.54, 1.807) is 12.1 Å². The van der Waals surface area contributed by atoms with E-state index in [-0.39, 0.29) is 30.1 Å². The van der Waals surface area contributed by atoms with E-state index in [0.717, 1.165) is 42.6 Å². The van der Waals surface area contributed by atoms with Crippen LogP contribution in [0, 0.1) is 18.7 Å². The molecule has 0 spiro atoms. The molecule has 2 aliphatic rings. The van der Waals surface area contributed by atoms with Crippen LogP contribution in [0.4, 0.5) is 4.39 Å². The summed E-state index contributed by atoms with van der Waals surface area (Å²) in [5.74, 6) is -0.279. The second-order valence-corrected chi connectivity index (χ2v) is 9.84. The molecule has 10 heteroatoms. The van der Waals surface area contributed by atoms with Crippen molar-refractivity contribution >= 4 is 17.7 Å². The number of amides is 3. The Hall–Kier alpha value is -3.50. The first-order chi connectivity index (χ1) is 18.8. The SMILES string of the molecule is CN1C(=O)C(C2CC2)NCCOc2ccccc2CCCNC(=O)CNC(=O)C1CO.Cc1ccc(F)cc1. The molecule has 39 heavy (non-hydrogen) atoms. The normalized spacial score (nSPS) is 21.6. The first kappa shape index (κ1) is 30.0. The van der Waals surface area contributed by atoms with E-state index in [0.29, 0.717) is 19.7 Å². The number of carbonyl (C=O) groups excluding carboxylic acids is 3. The zero-order chi connectivity index (χ0) is 28.2. The Morgan fingerprint density at radius 3 is 2.41 bits per heavy atom. The molecule has 1 fully saturated rings. The van der Waals surface area contributed by atoms with Crippen LogP contribution in [0.3, 0.4) is 0 Å². The van der Waals surface area contributed by atoms with Crippen LogP contribution < -0.4 is 20.7 Å². The second-order valence-electron chi connectivity index (χ2n) is 9.84. The van der Waals surface area contributed by atoms with Gasteiger partial charge in [0.05, 0.1) is 19.2 Å². The number of hydrogen-bond donors (Lipinski definition) is 4. The van der Waals surface area contributed by atoms with E-state index in [2.05, 4.69) is 16.0 Å². The number of rotatable bonds is 2. The fourth-order valence-corrected chi connectivity index (χ4v) is 4.25. The quantitative estimate of drug-likeness (QED) is 0.457. The Labute approximate surface area is 229 Å². The van der Waals surface area contributed by atoms with Crippen molar-refractivity contribution in [2.45, 2.75) is 44.7 Å². The molecule has 3 amide bonds. The lowest BCUT2D eigenvalue weighted by Gasteiger charge is -2.30. The summed E-state index contributed by atoms with van der Waals surface area (Å²) in [6.07, 6.45) is 3.36. The van der Waals surface area contributed by atoms with E-state index < -0.39 is 24.6 Å². The summed E-state index contributed by atoms with van der Waals surface area (Å²) in [6, 6.07) is 12.7. The molecule has 1 aliphatic carbocycles. The highest BCUT2D eigenvalue weighted by atomic mass is 19.1. The molecule has 1 saturated carbocycles. The van der Waals surface area contributed by atoms with E-state index in [4.69, 9.17) is 4.74 Å². The van der Waals surface area contributed by atoms with Crippen molar-refractivity contribution in [3.8, 4) is 5.75 Å². The molecule has 1 aliphatic heterocycles. The summed E-state index contributed by atoms with van der Waals surface area (Å²) in [7, 11) is 1.50. The standard InChI is InChI=1S/C22H32N4O5.C7H7F/c1-26-17(14-27)21(29)25-13-19(28)23-10-4-6-15-5-2-3-7-18(15)31-12-11-24-20(22(26)30)16-8-9-16;1-6-2-4-7(8)5-3-6/h2-3,5,7,16-17,20,24,27H,4,6,8-14H2,1H3,(H,23,28)(H,25,29);2-5H,1H3. The second kappa shape index (κ2) is 15.2. The van der Waals surface area contributed by atoms with E-state index in [1.807, 2.05) is 31.2 Å². The number of ether oxygens (including phenoxy) is 1. The van der Waals surface area contributed by atoms with Gasteiger partial charge in [-0.2, -0.15) is 0 Å². The molecular formula is C29H39FN4O5. The van der Waals surface area contributed by atoms with Crippen LogP contribution in [0.1, 0.15) is 30.4 Å². The number of likely N-dealkylation sites (N-methyl/N-ethyl adjacent to an activating group) is 1. The fourth-order valence-electron chi connectivity index (χ4n) is 4.25. The third-order valence-corrected chi connectivity index (χ3v) is 6.73. The number of aliphatic hydroxyl groups excluding tert-OH is 1. The van der Waals surface area contributed by atoms with Crippen molar-refractivity contribution in [2.75, 3.05) is 39.9 Å². The molecule has 1 heterocycles. The molecule has 4 rings (SSSR count). The number of nitrogens with one attached hydrogen (secondary N) is 3. The summed E-state index contributed by atoms with van der Waals surface area (Å²) >= 11 is 0. The van der Waals surface area contributed by atoms with Crippen LogP contribution in [0.5, 0.6) is 5.75 Å². The monoisotopic (exact) mass is 542 g/mol. The maximum atomic E-state index is 13.0. The Morgan fingerprint density at radius 2 is 1.74 bits per heavy atom. The fraction of sp³-hybridized carbons (Fsp3) is 0.483. The molecule has 2 atom stereocenters. The van der Waals surface area contributed by atoms with Crippen LogP contribution in [0.15, 0.2) is 48.5 Å². The van der Waals surface area contributed by atoms with Crippen molar-refractivity contribution in [2.24, 2.45) is 5.92 Å². The highest BCUT2D eigenvalue weighted by Crippen LogP contribution is 2.33. The van der Waals surface area contributed by atoms with Crippen molar-refractivity contribution in [3.05, 3.63) is 65.5 Å². The van der Waals surface area contributed by atoms with E-state index >= 15 is 0 Å². The number of hydrogen-bond acceptors (Lipinski definition) is 6. The van der Waals surface area contributed by atoms with Crippen LogP contribution >= 0.6 is 0 Å². The van der Waals surface area contributed by atoms with Gasteiger partial charge in [-0.25, -0.2) is 4.39 Å². The first-order valence-corrected chi connectivity index (χ1v) is 13.4. The van der Waals surface area contributed by atoms with Crippen molar-refractivity contribution in [1.82, 2.24) is 20.9 Å². The molecule has 0 bridgehead atoms. The minimum atomic E-state index is -1.05. The minimum Gasteiger partial charge on any atom is -0.492 e. The number of carbonyl (C=O) groups is 3. The maximum absolute atomic E-state index is 13.0. The number of halogens is 1. The van der Waals surface area contributed by atoms with Gasteiger partial charge in [-0.05, 0) is 62.3 Å². The lowest BCUT2D eigenvalue weighted by atomic mass is 10.1. The molecule has 2 unspecified atom stereocenters. The van der Waals surface area contributed by atoms with Gasteiger partial charge in [0.25, 0.3) is 0 Å². The average Bonchev–Trinajstić information content (AvgIpc) is 3.77. The van der Waals surface area contributed by atoms with Crippen LogP contribution in [0.25, 0.3) is 0 Å². The van der Waals surface area contributed by atoms with E-state index in [9.17, 15) is 23.9 Å². The number of para-hydroxylation sites is 1. The van der Waals surface area contributed by atoms with Crippen molar-refractivity contribution in [1.29, 1.82) is 0 Å². The Morgan fingerprint density at radius 1 is 1.03 bits per heavy atom. The Bertz CT molecular complexity index is 1070. The lowest BCUT2D eigenvalue weighted by molar-refractivity contribution is -0.142. The third kappa shape index (κ3) is 9.63. The van der Waals surface area contributed by atoms with Crippen LogP contribution in [0.2, 0.25) is 0 Å².